The van der Waals surface area contributed by atoms with Crippen LogP contribution in [0.3, 0.4) is 0 Å². The van der Waals surface area contributed by atoms with E-state index in [1.54, 1.807) is 12.2 Å². The molecule has 0 spiro atoms. The van der Waals surface area contributed by atoms with E-state index in [9.17, 15) is 0 Å². The standard InChI is InChI=1S/C4H6.Co/c1-3-4-2;/h3-4H,1-2H2;. The Labute approximate surface area is 42.8 Å². The SMILES string of the molecule is C=CC=C.[Co]. The van der Waals surface area contributed by atoms with E-state index < -0.39 is 0 Å². The van der Waals surface area contributed by atoms with E-state index in [4.69, 9.17) is 0 Å². The topological polar surface area (TPSA) is 0 Å². The molecule has 0 unspecified atom stereocenters. The first-order chi connectivity index (χ1) is 1.91. The molecule has 0 atom stereocenters. The average Bonchev–Trinajstić information content (AvgIpc) is 1.37. The molecule has 5 heavy (non-hydrogen) atoms. The fourth-order valence-corrected chi connectivity index (χ4v) is 0. The van der Waals surface area contributed by atoms with Crippen molar-refractivity contribution < 1.29 is 16.8 Å². The van der Waals surface area contributed by atoms with Crippen molar-refractivity contribution in [1.82, 2.24) is 0 Å². The molecule has 0 bridgehead atoms. The van der Waals surface area contributed by atoms with Crippen LogP contribution in [0.4, 0.5) is 0 Å². The monoisotopic (exact) mass is 113 g/mol. The largest absolute Gasteiger partial charge is 0.0991 e. The van der Waals surface area contributed by atoms with E-state index in [2.05, 4.69) is 13.2 Å². The first kappa shape index (κ1) is 8.88. The molecule has 0 nitrogen and oxygen atoms in total. The van der Waals surface area contributed by atoms with Crippen LogP contribution in [0.15, 0.2) is 25.3 Å². The van der Waals surface area contributed by atoms with Gasteiger partial charge in [0.15, 0.2) is 0 Å². The molecule has 0 rings (SSSR count). The van der Waals surface area contributed by atoms with Crippen LogP contribution in [-0.2, 0) is 16.8 Å². The van der Waals surface area contributed by atoms with Crippen molar-refractivity contribution >= 4 is 0 Å². The summed E-state index contributed by atoms with van der Waals surface area (Å²) in [4.78, 5) is 0. The van der Waals surface area contributed by atoms with Gasteiger partial charge >= 0.3 is 0 Å². The Morgan fingerprint density at radius 1 is 1.00 bits per heavy atom. The third-order valence-corrected chi connectivity index (χ3v) is 0.167. The quantitative estimate of drug-likeness (QED) is 0.450. The van der Waals surface area contributed by atoms with Gasteiger partial charge in [0.2, 0.25) is 0 Å². The zero-order chi connectivity index (χ0) is 3.41. The summed E-state index contributed by atoms with van der Waals surface area (Å²) in [5, 5.41) is 0. The van der Waals surface area contributed by atoms with Crippen LogP contribution in [0.5, 0.6) is 0 Å². The van der Waals surface area contributed by atoms with Crippen LogP contribution in [0, 0.1) is 0 Å². The van der Waals surface area contributed by atoms with E-state index in [0.717, 1.165) is 0 Å². The van der Waals surface area contributed by atoms with E-state index in [0.29, 0.717) is 0 Å². The summed E-state index contributed by atoms with van der Waals surface area (Å²) < 4.78 is 0. The van der Waals surface area contributed by atoms with Gasteiger partial charge in [-0.1, -0.05) is 25.3 Å². The normalized spacial score (nSPS) is 4.00. The van der Waals surface area contributed by atoms with Crippen molar-refractivity contribution in [2.45, 2.75) is 0 Å². The summed E-state index contributed by atoms with van der Waals surface area (Å²) in [6.07, 6.45) is 3.28. The Morgan fingerprint density at radius 3 is 1.20 bits per heavy atom. The van der Waals surface area contributed by atoms with Crippen molar-refractivity contribution in [3.05, 3.63) is 25.3 Å². The molecule has 0 amide bonds. The van der Waals surface area contributed by atoms with Crippen molar-refractivity contribution in [3.63, 3.8) is 0 Å². The van der Waals surface area contributed by atoms with Gasteiger partial charge in [0.05, 0.1) is 0 Å². The molecule has 0 aliphatic heterocycles. The van der Waals surface area contributed by atoms with E-state index >= 15 is 0 Å². The minimum atomic E-state index is 0. The smallest absolute Gasteiger partial charge is 0 e. The van der Waals surface area contributed by atoms with Crippen LogP contribution < -0.4 is 0 Å². The van der Waals surface area contributed by atoms with Crippen LogP contribution in [-0.4, -0.2) is 0 Å². The Morgan fingerprint density at radius 2 is 1.20 bits per heavy atom. The van der Waals surface area contributed by atoms with Gasteiger partial charge < -0.3 is 0 Å². The van der Waals surface area contributed by atoms with Crippen LogP contribution in [0.2, 0.25) is 0 Å². The van der Waals surface area contributed by atoms with Crippen molar-refractivity contribution in [2.24, 2.45) is 0 Å². The van der Waals surface area contributed by atoms with E-state index in [-0.39, 0.29) is 16.8 Å². The molecule has 0 aromatic heterocycles. The molecule has 0 aromatic carbocycles. The molecule has 0 fully saturated rings. The summed E-state index contributed by atoms with van der Waals surface area (Å²) in [6.45, 7) is 6.72. The van der Waals surface area contributed by atoms with E-state index in [1.165, 1.54) is 0 Å². The summed E-state index contributed by atoms with van der Waals surface area (Å²) in [5.41, 5.74) is 0. The van der Waals surface area contributed by atoms with Gasteiger partial charge in [-0.2, -0.15) is 0 Å². The van der Waals surface area contributed by atoms with Crippen molar-refractivity contribution in [1.29, 1.82) is 0 Å². The summed E-state index contributed by atoms with van der Waals surface area (Å²) >= 11 is 0. The molecule has 31 valence electrons. The zero-order valence-corrected chi connectivity index (χ0v) is 3.94. The third-order valence-electron chi connectivity index (χ3n) is 0.167. The Kier molecular flexibility index (Phi) is 16.0. The average molecular weight is 113 g/mol. The molecule has 1 heteroatoms. The van der Waals surface area contributed by atoms with Gasteiger partial charge in [0.25, 0.3) is 0 Å². The van der Waals surface area contributed by atoms with Gasteiger partial charge in [-0.15, -0.1) is 0 Å². The first-order valence-corrected chi connectivity index (χ1v) is 1.15. The molecule has 0 heterocycles. The van der Waals surface area contributed by atoms with Crippen LogP contribution in [0.25, 0.3) is 0 Å². The predicted octanol–water partition coefficient (Wildman–Crippen LogP) is 1.36. The minimum absolute atomic E-state index is 0. The van der Waals surface area contributed by atoms with Crippen LogP contribution >= 0.6 is 0 Å². The van der Waals surface area contributed by atoms with Gasteiger partial charge in [-0.25, -0.2) is 0 Å². The molecule has 0 saturated heterocycles. The number of allylic oxidation sites excluding steroid dienone is 2. The van der Waals surface area contributed by atoms with E-state index in [1.807, 2.05) is 0 Å². The van der Waals surface area contributed by atoms with Crippen molar-refractivity contribution in [2.75, 3.05) is 0 Å². The molecule has 0 saturated carbocycles. The Balaban J connectivity index is 0. The maximum atomic E-state index is 3.36. The number of hydrogen-bond donors (Lipinski definition) is 0. The van der Waals surface area contributed by atoms with Gasteiger partial charge in [0.1, 0.15) is 0 Å². The maximum absolute atomic E-state index is 3.36. The predicted molar refractivity (Wildman–Crippen MR) is 20.4 cm³/mol. The zero-order valence-electron chi connectivity index (χ0n) is 2.90. The molecule has 0 aliphatic rings. The Bertz CT molecular complexity index is 24.6. The fraction of sp³-hybridized carbons (Fsp3) is 0. The first-order valence-electron chi connectivity index (χ1n) is 1.15. The summed E-state index contributed by atoms with van der Waals surface area (Å²) in [6, 6.07) is 0. The van der Waals surface area contributed by atoms with Crippen LogP contribution in [0.1, 0.15) is 0 Å². The number of hydrogen-bond acceptors (Lipinski definition) is 0. The fourth-order valence-electron chi connectivity index (χ4n) is 0. The summed E-state index contributed by atoms with van der Waals surface area (Å²) in [5.74, 6) is 0. The molecule has 0 aromatic rings. The third kappa shape index (κ3) is 16.2. The molecular weight excluding hydrogens is 107 g/mol. The van der Waals surface area contributed by atoms with Crippen molar-refractivity contribution in [3.8, 4) is 0 Å². The molecule has 0 aliphatic carbocycles. The minimum Gasteiger partial charge on any atom is -0.0991 e. The van der Waals surface area contributed by atoms with Gasteiger partial charge in [0, 0.05) is 16.8 Å². The molecule has 1 radical (unpaired) electrons. The second-order valence-electron chi connectivity index (χ2n) is 0.471. The van der Waals surface area contributed by atoms with Gasteiger partial charge in [-0.3, -0.25) is 0 Å². The summed E-state index contributed by atoms with van der Waals surface area (Å²) in [7, 11) is 0. The molecular formula is C4H6Co. The Hall–Kier alpha value is -0.0135. The molecule has 0 N–H and O–H groups in total. The second kappa shape index (κ2) is 9.01. The number of rotatable bonds is 1. The van der Waals surface area contributed by atoms with Gasteiger partial charge in [-0.05, 0) is 0 Å². The second-order valence-corrected chi connectivity index (χ2v) is 0.471. The maximum Gasteiger partial charge on any atom is 0 e.